The number of hydrogen-bond acceptors (Lipinski definition) is 9. The zero-order valence-electron chi connectivity index (χ0n) is 18.2. The van der Waals surface area contributed by atoms with Crippen molar-refractivity contribution in [3.63, 3.8) is 0 Å². The molecule has 0 bridgehead atoms. The molecule has 0 saturated carbocycles. The largest absolute Gasteiger partial charge is 0.462 e. The number of H-pyrrole nitrogens is 1. The number of rotatable bonds is 9. The van der Waals surface area contributed by atoms with Gasteiger partial charge in [-0.05, 0) is 39.5 Å². The van der Waals surface area contributed by atoms with Crippen molar-refractivity contribution in [2.75, 3.05) is 26.9 Å². The molecule has 1 aliphatic rings. The number of nitrogens with zero attached hydrogens (tertiary/aromatic N) is 1. The number of esters is 1. The topological polar surface area (TPSA) is 138 Å². The van der Waals surface area contributed by atoms with Gasteiger partial charge in [-0.3, -0.25) is 19.1 Å². The second-order valence-corrected chi connectivity index (χ2v) is 10.9. The highest BCUT2D eigenvalue weighted by molar-refractivity contribution is 8.07. The predicted molar refractivity (Wildman–Crippen MR) is 114 cm³/mol. The van der Waals surface area contributed by atoms with E-state index in [2.05, 4.69) is 4.98 Å². The van der Waals surface area contributed by atoms with Crippen molar-refractivity contribution >= 4 is 24.5 Å². The third-order valence-corrected chi connectivity index (χ3v) is 6.06. The SMILES string of the molecule is COCCOP(O)(=S)O[C@H]1C[C@H](n2cc(C)c(=O)[nH]c2=O)O[C@@H]1COC(=O)C(C)(C)C. The molecular weight excluding hydrogens is 451 g/mol. The normalized spacial score (nSPS) is 23.5. The summed E-state index contributed by atoms with van der Waals surface area (Å²) in [6, 6.07) is 0. The maximum Gasteiger partial charge on any atom is 0.330 e. The van der Waals surface area contributed by atoms with Crippen LogP contribution in [-0.2, 0) is 39.9 Å². The predicted octanol–water partition coefficient (Wildman–Crippen LogP) is 0.987. The van der Waals surface area contributed by atoms with Crippen LogP contribution in [0.25, 0.3) is 0 Å². The Kier molecular flexibility index (Phi) is 8.74. The molecule has 0 aromatic carbocycles. The summed E-state index contributed by atoms with van der Waals surface area (Å²) in [6.45, 7) is 3.10. The third kappa shape index (κ3) is 7.31. The molecule has 0 amide bonds. The molecule has 4 atom stereocenters. The van der Waals surface area contributed by atoms with Crippen molar-refractivity contribution < 1.29 is 32.9 Å². The molecule has 1 aromatic heterocycles. The van der Waals surface area contributed by atoms with Crippen LogP contribution in [0.1, 0.15) is 39.0 Å². The zero-order chi connectivity index (χ0) is 23.4. The molecule has 2 heterocycles. The average molecular weight is 480 g/mol. The Labute approximate surface area is 184 Å². The molecule has 1 fully saturated rings. The minimum Gasteiger partial charge on any atom is -0.462 e. The lowest BCUT2D eigenvalue weighted by molar-refractivity contribution is -0.159. The number of ether oxygens (including phenoxy) is 3. The van der Waals surface area contributed by atoms with E-state index in [1.807, 2.05) is 0 Å². The van der Waals surface area contributed by atoms with E-state index in [1.54, 1.807) is 27.7 Å². The molecule has 13 heteroatoms. The van der Waals surface area contributed by atoms with Gasteiger partial charge in [0.1, 0.15) is 25.0 Å². The number of carbonyl (C=O) groups is 1. The number of hydrogen-bond donors (Lipinski definition) is 2. The molecule has 31 heavy (non-hydrogen) atoms. The van der Waals surface area contributed by atoms with Crippen LogP contribution in [0.4, 0.5) is 0 Å². The number of methoxy groups -OCH3 is 1. The Balaban J connectivity index is 2.21. The number of aromatic nitrogens is 2. The monoisotopic (exact) mass is 480 g/mol. The minimum absolute atomic E-state index is 0.0313. The van der Waals surface area contributed by atoms with Gasteiger partial charge in [0.05, 0.1) is 18.6 Å². The van der Waals surface area contributed by atoms with Crippen molar-refractivity contribution in [2.24, 2.45) is 5.41 Å². The van der Waals surface area contributed by atoms with Crippen LogP contribution < -0.4 is 11.2 Å². The maximum atomic E-state index is 12.2. The Morgan fingerprint density at radius 1 is 1.39 bits per heavy atom. The van der Waals surface area contributed by atoms with Gasteiger partial charge >= 0.3 is 18.4 Å². The van der Waals surface area contributed by atoms with E-state index in [1.165, 1.54) is 17.9 Å². The summed E-state index contributed by atoms with van der Waals surface area (Å²) in [7, 11) is 1.48. The van der Waals surface area contributed by atoms with Gasteiger partial charge in [-0.25, -0.2) is 4.79 Å². The van der Waals surface area contributed by atoms with Crippen molar-refractivity contribution in [1.82, 2.24) is 9.55 Å². The van der Waals surface area contributed by atoms with E-state index in [9.17, 15) is 19.3 Å². The summed E-state index contributed by atoms with van der Waals surface area (Å²) in [4.78, 5) is 48.6. The highest BCUT2D eigenvalue weighted by Gasteiger charge is 2.41. The van der Waals surface area contributed by atoms with Crippen LogP contribution >= 0.6 is 6.72 Å². The highest BCUT2D eigenvalue weighted by atomic mass is 32.5. The Hall–Kier alpha value is -1.40. The molecule has 176 valence electrons. The molecule has 11 nitrogen and oxygen atoms in total. The van der Waals surface area contributed by atoms with Gasteiger partial charge in [0.25, 0.3) is 5.56 Å². The van der Waals surface area contributed by atoms with Crippen LogP contribution in [0, 0.1) is 12.3 Å². The van der Waals surface area contributed by atoms with Gasteiger partial charge in [-0.1, -0.05) is 0 Å². The van der Waals surface area contributed by atoms with Crippen LogP contribution in [0.2, 0.25) is 0 Å². The Morgan fingerprint density at radius 3 is 2.68 bits per heavy atom. The van der Waals surface area contributed by atoms with E-state index in [0.717, 1.165) is 0 Å². The zero-order valence-corrected chi connectivity index (χ0v) is 19.9. The first-order chi connectivity index (χ1) is 14.3. The van der Waals surface area contributed by atoms with Gasteiger partial charge in [0, 0.05) is 25.3 Å². The van der Waals surface area contributed by atoms with Crippen LogP contribution in [-0.4, -0.2) is 59.6 Å². The maximum absolute atomic E-state index is 12.2. The average Bonchev–Trinajstić information content (AvgIpc) is 3.03. The van der Waals surface area contributed by atoms with E-state index >= 15 is 0 Å². The number of aromatic amines is 1. The fourth-order valence-electron chi connectivity index (χ4n) is 2.74. The second kappa shape index (κ2) is 10.5. The molecule has 2 rings (SSSR count). The van der Waals surface area contributed by atoms with Gasteiger partial charge < -0.3 is 28.2 Å². The second-order valence-electron chi connectivity index (χ2n) is 8.13. The lowest BCUT2D eigenvalue weighted by Crippen LogP contribution is -2.34. The smallest absolute Gasteiger partial charge is 0.330 e. The first kappa shape index (κ1) is 25.9. The fourth-order valence-corrected chi connectivity index (χ4v) is 4.23. The molecule has 0 spiro atoms. The molecule has 1 aliphatic heterocycles. The lowest BCUT2D eigenvalue weighted by Gasteiger charge is -2.24. The van der Waals surface area contributed by atoms with Crippen LogP contribution in [0.3, 0.4) is 0 Å². The highest BCUT2D eigenvalue weighted by Crippen LogP contribution is 2.48. The number of nitrogens with one attached hydrogen (secondary N) is 1. The summed E-state index contributed by atoms with van der Waals surface area (Å²) in [5.74, 6) is -0.449. The molecule has 0 radical (unpaired) electrons. The standard InChI is InChI=1S/C18H29N2O9PS/c1-11-9-20(17(23)19-15(11)21)14-8-12(29-30(24,31)27-7-6-25-5)13(28-14)10-26-16(22)18(2,3)4/h9,12-14H,6-8,10H2,1-5H3,(H,24,31)(H,19,21,23)/t12-,13+,14+,30?/m0/s1. The summed E-state index contributed by atoms with van der Waals surface area (Å²) in [5.41, 5.74) is -1.57. The Bertz CT molecular complexity index is 939. The van der Waals surface area contributed by atoms with Gasteiger partial charge in [-0.15, -0.1) is 0 Å². The van der Waals surface area contributed by atoms with Crippen molar-refractivity contribution in [2.45, 2.75) is 52.6 Å². The summed E-state index contributed by atoms with van der Waals surface area (Å²) in [5, 5.41) is 0. The first-order valence-electron chi connectivity index (χ1n) is 9.63. The fraction of sp³-hybridized carbons (Fsp3) is 0.722. The van der Waals surface area contributed by atoms with Crippen molar-refractivity contribution in [1.29, 1.82) is 0 Å². The van der Waals surface area contributed by atoms with Crippen molar-refractivity contribution in [3.05, 3.63) is 32.6 Å². The van der Waals surface area contributed by atoms with Gasteiger partial charge in [0.2, 0.25) is 0 Å². The Morgan fingerprint density at radius 2 is 2.06 bits per heavy atom. The van der Waals surface area contributed by atoms with E-state index < -0.39 is 47.8 Å². The molecule has 1 aromatic rings. The molecule has 2 N–H and O–H groups in total. The van der Waals surface area contributed by atoms with Gasteiger partial charge in [0.15, 0.2) is 0 Å². The van der Waals surface area contributed by atoms with E-state index in [0.29, 0.717) is 5.56 Å². The van der Waals surface area contributed by atoms with Gasteiger partial charge in [-0.2, -0.15) is 0 Å². The summed E-state index contributed by atoms with van der Waals surface area (Å²) < 4.78 is 28.1. The molecule has 1 unspecified atom stereocenters. The van der Waals surface area contributed by atoms with E-state index in [4.69, 9.17) is 35.1 Å². The first-order valence-corrected chi connectivity index (χ1v) is 12.2. The van der Waals surface area contributed by atoms with Crippen LogP contribution in [0.5, 0.6) is 0 Å². The van der Waals surface area contributed by atoms with Crippen LogP contribution in [0.15, 0.2) is 15.8 Å². The summed E-state index contributed by atoms with van der Waals surface area (Å²) in [6.07, 6.45) is -1.00. The molecular formula is C18H29N2O9PS. The number of carbonyl (C=O) groups excluding carboxylic acids is 1. The summed E-state index contributed by atoms with van der Waals surface area (Å²) >= 11 is 5.05. The number of aryl methyl sites for hydroxylation is 1. The quantitative estimate of drug-likeness (QED) is 0.299. The minimum atomic E-state index is -3.65. The van der Waals surface area contributed by atoms with E-state index in [-0.39, 0.29) is 26.2 Å². The lowest BCUT2D eigenvalue weighted by atomic mass is 9.97. The molecule has 0 aliphatic carbocycles. The van der Waals surface area contributed by atoms with Crippen molar-refractivity contribution in [3.8, 4) is 0 Å². The molecule has 1 saturated heterocycles. The third-order valence-electron chi connectivity index (χ3n) is 4.44.